The van der Waals surface area contributed by atoms with Crippen LogP contribution in [0.3, 0.4) is 0 Å². The highest BCUT2D eigenvalue weighted by Crippen LogP contribution is 2.20. The van der Waals surface area contributed by atoms with Crippen LogP contribution in [0, 0.1) is 0 Å². The number of carbonyl (C=O) groups is 1. The second-order valence-electron chi connectivity index (χ2n) is 5.55. The Morgan fingerprint density at radius 1 is 0.846 bits per heavy atom. The molecule has 0 aromatic heterocycles. The van der Waals surface area contributed by atoms with Crippen molar-refractivity contribution in [3.05, 3.63) is 90.0 Å². The monoisotopic (exact) mass is 362 g/mol. The molecular formula is C21H18N2O2S. The van der Waals surface area contributed by atoms with Gasteiger partial charge in [0.25, 0.3) is 0 Å². The lowest BCUT2D eigenvalue weighted by Gasteiger charge is -2.14. The zero-order valence-electron chi connectivity index (χ0n) is 14.2. The van der Waals surface area contributed by atoms with Gasteiger partial charge in [0.1, 0.15) is 5.75 Å². The van der Waals surface area contributed by atoms with E-state index in [1.54, 1.807) is 25.3 Å². The molecule has 0 spiro atoms. The maximum absolute atomic E-state index is 12.8. The van der Waals surface area contributed by atoms with E-state index >= 15 is 0 Å². The number of rotatable bonds is 5. The van der Waals surface area contributed by atoms with Crippen LogP contribution >= 0.6 is 12.2 Å². The predicted molar refractivity (Wildman–Crippen MR) is 109 cm³/mol. The van der Waals surface area contributed by atoms with Gasteiger partial charge in [-0.2, -0.15) is 0 Å². The van der Waals surface area contributed by atoms with Gasteiger partial charge in [-0.1, -0.05) is 42.5 Å². The van der Waals surface area contributed by atoms with E-state index in [0.717, 1.165) is 11.4 Å². The fourth-order valence-electron chi connectivity index (χ4n) is 2.49. The number of hydrogen-bond acceptors (Lipinski definition) is 3. The average molecular weight is 362 g/mol. The van der Waals surface area contributed by atoms with Crippen LogP contribution in [-0.2, 0) is 0 Å². The summed E-state index contributed by atoms with van der Waals surface area (Å²) in [6.45, 7) is 0. The molecule has 130 valence electrons. The van der Waals surface area contributed by atoms with E-state index in [0.29, 0.717) is 21.9 Å². The SMILES string of the molecule is COc1ccc(NC(=S)Nc2ccccc2C(=O)c2ccccc2)cc1. The fraction of sp³-hybridized carbons (Fsp3) is 0.0476. The Bertz CT molecular complexity index is 909. The lowest BCUT2D eigenvalue weighted by molar-refractivity contribution is 0.103. The van der Waals surface area contributed by atoms with E-state index in [4.69, 9.17) is 17.0 Å². The van der Waals surface area contributed by atoms with E-state index in [2.05, 4.69) is 10.6 Å². The summed E-state index contributed by atoms with van der Waals surface area (Å²) in [6.07, 6.45) is 0. The molecule has 0 aliphatic heterocycles. The molecule has 0 radical (unpaired) electrons. The van der Waals surface area contributed by atoms with Gasteiger partial charge < -0.3 is 15.4 Å². The van der Waals surface area contributed by atoms with Crippen molar-refractivity contribution < 1.29 is 9.53 Å². The molecule has 26 heavy (non-hydrogen) atoms. The van der Waals surface area contributed by atoms with Crippen molar-refractivity contribution in [1.29, 1.82) is 0 Å². The van der Waals surface area contributed by atoms with Crippen LogP contribution in [0.25, 0.3) is 0 Å². The number of ether oxygens (including phenoxy) is 1. The number of methoxy groups -OCH3 is 1. The molecule has 2 N–H and O–H groups in total. The predicted octanol–water partition coefficient (Wildman–Crippen LogP) is 4.74. The van der Waals surface area contributed by atoms with E-state index in [9.17, 15) is 4.79 Å². The summed E-state index contributed by atoms with van der Waals surface area (Å²) >= 11 is 5.38. The molecule has 0 atom stereocenters. The number of hydrogen-bond donors (Lipinski definition) is 2. The van der Waals surface area contributed by atoms with Crippen molar-refractivity contribution in [2.75, 3.05) is 17.7 Å². The van der Waals surface area contributed by atoms with Crippen LogP contribution in [0.5, 0.6) is 5.75 Å². The second-order valence-corrected chi connectivity index (χ2v) is 5.96. The van der Waals surface area contributed by atoms with Gasteiger partial charge in [-0.05, 0) is 48.6 Å². The minimum Gasteiger partial charge on any atom is -0.497 e. The maximum Gasteiger partial charge on any atom is 0.195 e. The number of thiocarbonyl (C=S) groups is 1. The normalized spacial score (nSPS) is 10.0. The van der Waals surface area contributed by atoms with Crippen LogP contribution in [0.1, 0.15) is 15.9 Å². The summed E-state index contributed by atoms with van der Waals surface area (Å²) < 4.78 is 5.14. The van der Waals surface area contributed by atoms with Crippen LogP contribution in [0.4, 0.5) is 11.4 Å². The third-order valence-electron chi connectivity index (χ3n) is 3.80. The van der Waals surface area contributed by atoms with Gasteiger partial charge in [-0.3, -0.25) is 4.79 Å². The van der Waals surface area contributed by atoms with E-state index in [1.165, 1.54) is 0 Å². The summed E-state index contributed by atoms with van der Waals surface area (Å²) in [5.41, 5.74) is 2.69. The van der Waals surface area contributed by atoms with Gasteiger partial charge in [-0.15, -0.1) is 0 Å². The van der Waals surface area contributed by atoms with Crippen LogP contribution in [-0.4, -0.2) is 18.0 Å². The zero-order chi connectivity index (χ0) is 18.4. The fourth-order valence-corrected chi connectivity index (χ4v) is 2.72. The standard InChI is InChI=1S/C21H18N2O2S/c1-25-17-13-11-16(12-14-17)22-21(26)23-19-10-6-5-9-18(19)20(24)15-7-3-2-4-8-15/h2-14H,1H3,(H2,22,23,26). The van der Waals surface area contributed by atoms with E-state index in [1.807, 2.05) is 60.7 Å². The van der Waals surface area contributed by atoms with Gasteiger partial charge in [0, 0.05) is 16.8 Å². The quantitative estimate of drug-likeness (QED) is 0.507. The molecule has 3 aromatic carbocycles. The summed E-state index contributed by atoms with van der Waals surface area (Å²) in [5.74, 6) is 0.717. The molecule has 0 heterocycles. The summed E-state index contributed by atoms with van der Waals surface area (Å²) in [7, 11) is 1.62. The Hall–Kier alpha value is -3.18. The highest BCUT2D eigenvalue weighted by molar-refractivity contribution is 7.80. The smallest absolute Gasteiger partial charge is 0.195 e. The van der Waals surface area contributed by atoms with Gasteiger partial charge in [0.2, 0.25) is 0 Å². The van der Waals surface area contributed by atoms with Crippen molar-refractivity contribution in [1.82, 2.24) is 0 Å². The number of nitrogens with one attached hydrogen (secondary N) is 2. The first-order valence-electron chi connectivity index (χ1n) is 8.08. The Labute approximate surface area is 157 Å². The summed E-state index contributed by atoms with van der Waals surface area (Å²) in [6, 6.07) is 23.9. The molecule has 0 aliphatic rings. The zero-order valence-corrected chi connectivity index (χ0v) is 15.0. The Kier molecular flexibility index (Phi) is 5.61. The number of carbonyl (C=O) groups excluding carboxylic acids is 1. The lowest BCUT2D eigenvalue weighted by atomic mass is 10.0. The summed E-state index contributed by atoms with van der Waals surface area (Å²) in [5, 5.41) is 6.61. The molecular weight excluding hydrogens is 344 g/mol. The van der Waals surface area contributed by atoms with Crippen molar-refractivity contribution in [2.24, 2.45) is 0 Å². The van der Waals surface area contributed by atoms with Crippen LogP contribution in [0.15, 0.2) is 78.9 Å². The van der Waals surface area contributed by atoms with E-state index in [-0.39, 0.29) is 5.78 Å². The topological polar surface area (TPSA) is 50.4 Å². The van der Waals surface area contributed by atoms with Crippen molar-refractivity contribution in [3.63, 3.8) is 0 Å². The first kappa shape index (κ1) is 17.6. The molecule has 3 rings (SSSR count). The van der Waals surface area contributed by atoms with Gasteiger partial charge in [0.15, 0.2) is 10.9 Å². The lowest BCUT2D eigenvalue weighted by Crippen LogP contribution is -2.20. The first-order chi connectivity index (χ1) is 12.7. The highest BCUT2D eigenvalue weighted by atomic mass is 32.1. The Morgan fingerprint density at radius 3 is 2.19 bits per heavy atom. The van der Waals surface area contributed by atoms with Gasteiger partial charge in [-0.25, -0.2) is 0 Å². The third-order valence-corrected chi connectivity index (χ3v) is 4.01. The molecule has 5 heteroatoms. The minimum absolute atomic E-state index is 0.0547. The highest BCUT2D eigenvalue weighted by Gasteiger charge is 2.13. The van der Waals surface area contributed by atoms with Crippen LogP contribution < -0.4 is 15.4 Å². The maximum atomic E-state index is 12.8. The molecule has 0 unspecified atom stereocenters. The van der Waals surface area contributed by atoms with Gasteiger partial charge >= 0.3 is 0 Å². The number of ketones is 1. The number of benzene rings is 3. The van der Waals surface area contributed by atoms with Crippen molar-refractivity contribution in [3.8, 4) is 5.75 Å². The van der Waals surface area contributed by atoms with Crippen molar-refractivity contribution >= 4 is 34.5 Å². The van der Waals surface area contributed by atoms with E-state index < -0.39 is 0 Å². The molecule has 3 aromatic rings. The number of para-hydroxylation sites is 1. The average Bonchev–Trinajstić information content (AvgIpc) is 2.69. The Morgan fingerprint density at radius 2 is 1.50 bits per heavy atom. The molecule has 0 fully saturated rings. The third kappa shape index (κ3) is 4.26. The number of anilines is 2. The molecule has 0 bridgehead atoms. The molecule has 0 amide bonds. The van der Waals surface area contributed by atoms with Crippen LogP contribution in [0.2, 0.25) is 0 Å². The summed E-state index contributed by atoms with van der Waals surface area (Å²) in [4.78, 5) is 12.8. The van der Waals surface area contributed by atoms with Crippen molar-refractivity contribution in [2.45, 2.75) is 0 Å². The molecule has 4 nitrogen and oxygen atoms in total. The largest absolute Gasteiger partial charge is 0.497 e. The molecule has 0 aliphatic carbocycles. The Balaban J connectivity index is 1.75. The second kappa shape index (κ2) is 8.27. The molecule has 0 saturated carbocycles. The minimum atomic E-state index is -0.0547. The molecule has 0 saturated heterocycles. The van der Waals surface area contributed by atoms with Gasteiger partial charge in [0.05, 0.1) is 12.8 Å². The first-order valence-corrected chi connectivity index (χ1v) is 8.49.